The van der Waals surface area contributed by atoms with Crippen molar-refractivity contribution in [1.29, 1.82) is 0 Å². The summed E-state index contributed by atoms with van der Waals surface area (Å²) in [7, 11) is 0. The first-order valence-electron chi connectivity index (χ1n) is 10.4. The molecule has 1 atom stereocenters. The van der Waals surface area contributed by atoms with Crippen molar-refractivity contribution in [2.45, 2.75) is 58.6 Å². The van der Waals surface area contributed by atoms with Crippen LogP contribution in [-0.4, -0.2) is 26.9 Å². The molecular formula is C25H27N2O2Y-. The molecule has 0 fully saturated rings. The molecular weight excluding hydrogens is 449 g/mol. The fraction of sp³-hybridized carbons (Fsp3) is 0.360. The number of pyridine rings is 1. The minimum atomic E-state index is -1.51. The van der Waals surface area contributed by atoms with Crippen LogP contribution in [0, 0.1) is 6.07 Å². The molecule has 4 rings (SSSR count). The number of aromatic nitrogens is 1. The Morgan fingerprint density at radius 2 is 2.13 bits per heavy atom. The van der Waals surface area contributed by atoms with Gasteiger partial charge in [0.2, 0.25) is 0 Å². The van der Waals surface area contributed by atoms with Crippen LogP contribution in [0.3, 0.4) is 0 Å². The molecule has 0 spiro atoms. The second kappa shape index (κ2) is 8.86. The van der Waals surface area contributed by atoms with Crippen LogP contribution in [0.25, 0.3) is 16.6 Å². The fourth-order valence-electron chi connectivity index (χ4n) is 4.59. The third-order valence-corrected chi connectivity index (χ3v) is 6.23. The summed E-state index contributed by atoms with van der Waals surface area (Å²) in [6.45, 7) is 11.2. The first kappa shape index (κ1) is 23.1. The Morgan fingerprint density at radius 3 is 2.77 bits per heavy atom. The first-order chi connectivity index (χ1) is 14.0. The van der Waals surface area contributed by atoms with Crippen LogP contribution in [0.5, 0.6) is 0 Å². The van der Waals surface area contributed by atoms with E-state index in [0.717, 1.165) is 52.8 Å². The molecule has 1 unspecified atom stereocenters. The number of carbonyl (C=O) groups excluding carboxylic acids is 1. The Balaban J connectivity index is 0.00000256. The largest absolute Gasteiger partial charge is 0.378 e. The maximum Gasteiger partial charge on any atom is 0.156 e. The van der Waals surface area contributed by atoms with E-state index in [4.69, 9.17) is 4.98 Å². The number of hydrogen-bond acceptors (Lipinski definition) is 4. The Labute approximate surface area is 203 Å². The molecule has 153 valence electrons. The Hall–Kier alpha value is -1.62. The predicted octanol–water partition coefficient (Wildman–Crippen LogP) is 4.72. The summed E-state index contributed by atoms with van der Waals surface area (Å²) in [5.74, 6) is 0. The molecule has 1 N–H and O–H groups in total. The number of hydrogen-bond donors (Lipinski definition) is 1. The maximum atomic E-state index is 11.9. The molecule has 5 heteroatoms. The zero-order valence-electron chi connectivity index (χ0n) is 18.0. The standard InChI is InChI=1S/C25H27N2O2.Y/c1-5-10-18-16(4)27-14-20-17(6-2)19-11-8-9-12-22(19)26-24(20)23(27)13-21(18)25(29,7-3)15-28;/h9,11-13,15,29H,4-7,10,14H2,1-3H3;/q-1;. The van der Waals surface area contributed by atoms with Crippen molar-refractivity contribution in [2.24, 2.45) is 0 Å². The number of nitrogens with zero attached hydrogens (tertiary/aromatic N) is 2. The smallest absolute Gasteiger partial charge is 0.156 e. The number of aryl methyl sites for hydroxylation is 1. The van der Waals surface area contributed by atoms with Crippen LogP contribution in [0.4, 0.5) is 0 Å². The van der Waals surface area contributed by atoms with Crippen LogP contribution < -0.4 is 0 Å². The van der Waals surface area contributed by atoms with E-state index in [2.05, 4.69) is 31.4 Å². The number of aldehydes is 1. The van der Waals surface area contributed by atoms with Crippen molar-refractivity contribution in [3.8, 4) is 0 Å². The normalized spacial score (nSPS) is 17.3. The zero-order valence-corrected chi connectivity index (χ0v) is 20.8. The topological polar surface area (TPSA) is 53.4 Å². The van der Waals surface area contributed by atoms with E-state index in [9.17, 15) is 9.90 Å². The van der Waals surface area contributed by atoms with Crippen LogP contribution in [-0.2, 0) is 50.5 Å². The van der Waals surface area contributed by atoms with Gasteiger partial charge in [0.15, 0.2) is 6.29 Å². The molecule has 4 nitrogen and oxygen atoms in total. The molecule has 2 aliphatic heterocycles. The molecule has 3 heterocycles. The number of allylic oxidation sites excluding steroid dienone is 1. The molecule has 0 amide bonds. The predicted molar refractivity (Wildman–Crippen MR) is 116 cm³/mol. The van der Waals surface area contributed by atoms with Crippen molar-refractivity contribution in [1.82, 2.24) is 9.88 Å². The van der Waals surface area contributed by atoms with Crippen LogP contribution in [0.1, 0.15) is 56.9 Å². The summed E-state index contributed by atoms with van der Waals surface area (Å²) < 4.78 is 0. The number of aliphatic hydroxyl groups is 1. The summed E-state index contributed by atoms with van der Waals surface area (Å²) in [5.41, 5.74) is 6.28. The van der Waals surface area contributed by atoms with Gasteiger partial charge in [0.1, 0.15) is 5.60 Å². The molecule has 0 aliphatic carbocycles. The van der Waals surface area contributed by atoms with E-state index in [1.54, 1.807) is 0 Å². The summed E-state index contributed by atoms with van der Waals surface area (Å²) in [5, 5.41) is 12.2. The summed E-state index contributed by atoms with van der Waals surface area (Å²) in [6.07, 6.45) is 5.54. The van der Waals surface area contributed by atoms with Gasteiger partial charge in [-0.3, -0.25) is 9.78 Å². The van der Waals surface area contributed by atoms with E-state index in [-0.39, 0.29) is 32.7 Å². The van der Waals surface area contributed by atoms with Gasteiger partial charge >= 0.3 is 0 Å². The van der Waals surface area contributed by atoms with E-state index in [1.165, 1.54) is 11.1 Å². The van der Waals surface area contributed by atoms with Crippen LogP contribution in [0.15, 0.2) is 47.7 Å². The van der Waals surface area contributed by atoms with Gasteiger partial charge in [-0.05, 0) is 47.6 Å². The average molecular weight is 476 g/mol. The molecule has 1 radical (unpaired) electrons. The van der Waals surface area contributed by atoms with E-state index in [1.807, 2.05) is 31.2 Å². The second-order valence-electron chi connectivity index (χ2n) is 7.81. The van der Waals surface area contributed by atoms with Crippen LogP contribution >= 0.6 is 0 Å². The Bertz CT molecular complexity index is 1090. The van der Waals surface area contributed by atoms with Gasteiger partial charge < -0.3 is 10.0 Å². The molecule has 1 aromatic carbocycles. The molecule has 0 saturated carbocycles. The second-order valence-corrected chi connectivity index (χ2v) is 7.81. The molecule has 0 bridgehead atoms. The quantitative estimate of drug-likeness (QED) is 0.485. The van der Waals surface area contributed by atoms with Gasteiger partial charge in [0.25, 0.3) is 0 Å². The van der Waals surface area contributed by atoms with Crippen molar-refractivity contribution >= 4 is 22.9 Å². The summed E-state index contributed by atoms with van der Waals surface area (Å²) in [6, 6.07) is 9.06. The Kier molecular flexibility index (Phi) is 6.81. The van der Waals surface area contributed by atoms with E-state index >= 15 is 0 Å². The third-order valence-electron chi connectivity index (χ3n) is 6.23. The van der Waals surface area contributed by atoms with E-state index in [0.29, 0.717) is 24.8 Å². The molecule has 0 saturated heterocycles. The van der Waals surface area contributed by atoms with Crippen molar-refractivity contribution in [3.05, 3.63) is 70.6 Å². The minimum absolute atomic E-state index is 0. The third kappa shape index (κ3) is 3.43. The van der Waals surface area contributed by atoms with Gasteiger partial charge in [0.05, 0.1) is 11.4 Å². The monoisotopic (exact) mass is 476 g/mol. The minimum Gasteiger partial charge on any atom is -0.378 e. The SMILES string of the molecule is C=C1C(CCC)=C(C(O)(C=O)CC)C=C2c3nc4cc[c-]cc4c(CC)c3CN12.[Y]. The summed E-state index contributed by atoms with van der Waals surface area (Å²) in [4.78, 5) is 19.0. The number of fused-ring (bicyclic) bond motifs is 4. The number of rotatable bonds is 6. The zero-order chi connectivity index (χ0) is 20.8. The molecule has 2 aromatic rings. The van der Waals surface area contributed by atoms with Crippen molar-refractivity contribution in [3.63, 3.8) is 0 Å². The van der Waals surface area contributed by atoms with Gasteiger partial charge in [-0.1, -0.05) is 39.3 Å². The van der Waals surface area contributed by atoms with Crippen molar-refractivity contribution < 1.29 is 42.6 Å². The molecule has 2 aliphatic rings. The number of carbonyl (C=O) groups is 1. The van der Waals surface area contributed by atoms with E-state index < -0.39 is 5.60 Å². The molecule has 30 heavy (non-hydrogen) atoms. The van der Waals surface area contributed by atoms with Gasteiger partial charge in [-0.25, -0.2) is 0 Å². The van der Waals surface area contributed by atoms with Gasteiger partial charge in [-0.2, -0.15) is 18.2 Å². The maximum absolute atomic E-state index is 11.9. The van der Waals surface area contributed by atoms with Gasteiger partial charge in [0, 0.05) is 45.0 Å². The van der Waals surface area contributed by atoms with Crippen molar-refractivity contribution in [2.75, 3.05) is 0 Å². The fourth-order valence-corrected chi connectivity index (χ4v) is 4.59. The molecule has 1 aromatic heterocycles. The van der Waals surface area contributed by atoms with Crippen LogP contribution in [0.2, 0.25) is 0 Å². The summed E-state index contributed by atoms with van der Waals surface area (Å²) >= 11 is 0. The first-order valence-corrected chi connectivity index (χ1v) is 10.4. The van der Waals surface area contributed by atoms with Gasteiger partial charge in [-0.15, -0.1) is 11.5 Å². The Morgan fingerprint density at radius 1 is 1.37 bits per heavy atom. The average Bonchev–Trinajstić information content (AvgIpc) is 3.11. The number of benzene rings is 1.